The largest absolute Gasteiger partial charge is 0.472 e. The lowest BCUT2D eigenvalue weighted by molar-refractivity contribution is -0.107. The van der Waals surface area contributed by atoms with Crippen LogP contribution in [0.15, 0.2) is 53.1 Å². The quantitative estimate of drug-likeness (QED) is 0.517. The third-order valence-electron chi connectivity index (χ3n) is 3.04. The normalized spacial score (nSPS) is 12.2. The van der Waals surface area contributed by atoms with Crippen LogP contribution in [0.2, 0.25) is 0 Å². The van der Waals surface area contributed by atoms with Crippen molar-refractivity contribution >= 4 is 33.2 Å². The zero-order valence-corrected chi connectivity index (χ0v) is 12.6. The predicted octanol–water partition coefficient (Wildman–Crippen LogP) is 4.04. The number of rotatable bonds is 5. The summed E-state index contributed by atoms with van der Waals surface area (Å²) in [6.45, 7) is 0.429. The molecule has 106 valence electrons. The summed E-state index contributed by atoms with van der Waals surface area (Å²) in [6, 6.07) is 13.4. The molecule has 0 fully saturated rings. The molecule has 1 atom stereocenters. The van der Waals surface area contributed by atoms with Crippen LogP contribution in [0, 0.1) is 0 Å². The van der Waals surface area contributed by atoms with Crippen molar-refractivity contribution in [3.05, 3.63) is 60.0 Å². The number of carbonyl (C=O) groups is 1. The molecule has 0 amide bonds. The molecule has 0 aliphatic carbocycles. The standard InChI is InChI=1S/C16H12BrNO3/c17-13(9-19)15-8-12-14(21-15)6-7-18-16(12)20-10-11-4-2-1-3-5-11/h1-9,13H,10H2. The van der Waals surface area contributed by atoms with Crippen LogP contribution in [-0.2, 0) is 11.4 Å². The van der Waals surface area contributed by atoms with E-state index in [1.807, 2.05) is 30.3 Å². The molecule has 2 heterocycles. The highest BCUT2D eigenvalue weighted by atomic mass is 79.9. The summed E-state index contributed by atoms with van der Waals surface area (Å²) in [5, 5.41) is 0.759. The lowest BCUT2D eigenvalue weighted by Crippen LogP contribution is -1.96. The second-order valence-electron chi connectivity index (χ2n) is 4.49. The molecular weight excluding hydrogens is 334 g/mol. The predicted molar refractivity (Wildman–Crippen MR) is 82.5 cm³/mol. The minimum Gasteiger partial charge on any atom is -0.472 e. The van der Waals surface area contributed by atoms with E-state index in [1.54, 1.807) is 18.3 Å². The first-order valence-electron chi connectivity index (χ1n) is 6.42. The SMILES string of the molecule is O=CC(Br)c1cc2c(OCc3ccccc3)nccc2o1. The minimum atomic E-state index is -0.466. The Morgan fingerprint density at radius 3 is 2.86 bits per heavy atom. The average Bonchev–Trinajstić information content (AvgIpc) is 2.97. The van der Waals surface area contributed by atoms with Crippen LogP contribution in [0.4, 0.5) is 0 Å². The van der Waals surface area contributed by atoms with E-state index in [0.29, 0.717) is 23.8 Å². The van der Waals surface area contributed by atoms with Gasteiger partial charge in [0.15, 0.2) is 0 Å². The van der Waals surface area contributed by atoms with Gasteiger partial charge in [-0.15, -0.1) is 0 Å². The van der Waals surface area contributed by atoms with Crippen molar-refractivity contribution in [3.63, 3.8) is 0 Å². The number of ether oxygens (including phenoxy) is 1. The molecular formula is C16H12BrNO3. The van der Waals surface area contributed by atoms with E-state index < -0.39 is 4.83 Å². The fraction of sp³-hybridized carbons (Fsp3) is 0.125. The third kappa shape index (κ3) is 2.97. The molecule has 1 unspecified atom stereocenters. The van der Waals surface area contributed by atoms with Gasteiger partial charge in [0.1, 0.15) is 29.1 Å². The lowest BCUT2D eigenvalue weighted by Gasteiger charge is -2.05. The Labute approximate surface area is 129 Å². The van der Waals surface area contributed by atoms with Crippen molar-refractivity contribution in [1.29, 1.82) is 0 Å². The molecule has 4 nitrogen and oxygen atoms in total. The Hall–Kier alpha value is -2.14. The van der Waals surface area contributed by atoms with E-state index in [0.717, 1.165) is 17.2 Å². The number of aromatic nitrogens is 1. The summed E-state index contributed by atoms with van der Waals surface area (Å²) in [6.07, 6.45) is 2.40. The lowest BCUT2D eigenvalue weighted by atomic mass is 10.2. The summed E-state index contributed by atoms with van der Waals surface area (Å²) < 4.78 is 11.4. The van der Waals surface area contributed by atoms with Crippen molar-refractivity contribution in [2.24, 2.45) is 0 Å². The Bertz CT molecular complexity index is 755. The number of carbonyl (C=O) groups excluding carboxylic acids is 1. The first kappa shape index (κ1) is 13.8. The molecule has 0 radical (unpaired) electrons. The van der Waals surface area contributed by atoms with E-state index in [-0.39, 0.29) is 0 Å². The molecule has 0 aliphatic heterocycles. The van der Waals surface area contributed by atoms with Crippen LogP contribution in [0.25, 0.3) is 11.0 Å². The third-order valence-corrected chi connectivity index (χ3v) is 3.70. The number of nitrogens with zero attached hydrogens (tertiary/aromatic N) is 1. The number of aldehydes is 1. The minimum absolute atomic E-state index is 0.429. The first-order valence-corrected chi connectivity index (χ1v) is 7.34. The van der Waals surface area contributed by atoms with Gasteiger partial charge in [0, 0.05) is 12.3 Å². The number of furan rings is 1. The summed E-state index contributed by atoms with van der Waals surface area (Å²) >= 11 is 3.24. The highest BCUT2D eigenvalue weighted by Crippen LogP contribution is 2.32. The Morgan fingerprint density at radius 2 is 2.10 bits per heavy atom. The summed E-state index contributed by atoms with van der Waals surface area (Å²) in [4.78, 5) is 14.6. The van der Waals surface area contributed by atoms with Gasteiger partial charge in [-0.2, -0.15) is 0 Å². The zero-order valence-electron chi connectivity index (χ0n) is 11.0. The Morgan fingerprint density at radius 1 is 1.29 bits per heavy atom. The van der Waals surface area contributed by atoms with Gasteiger partial charge in [-0.25, -0.2) is 4.98 Å². The molecule has 3 aromatic rings. The van der Waals surface area contributed by atoms with Gasteiger partial charge in [0.2, 0.25) is 5.88 Å². The van der Waals surface area contributed by atoms with Crippen LogP contribution in [-0.4, -0.2) is 11.3 Å². The Kier molecular flexibility index (Phi) is 4.01. The van der Waals surface area contributed by atoms with Crippen LogP contribution < -0.4 is 4.74 Å². The molecule has 2 aromatic heterocycles. The zero-order chi connectivity index (χ0) is 14.7. The van der Waals surface area contributed by atoms with Gasteiger partial charge in [0.25, 0.3) is 0 Å². The van der Waals surface area contributed by atoms with Gasteiger partial charge in [0.05, 0.1) is 5.39 Å². The molecule has 0 bridgehead atoms. The van der Waals surface area contributed by atoms with Crippen molar-refractivity contribution in [2.45, 2.75) is 11.4 Å². The Balaban J connectivity index is 1.88. The van der Waals surface area contributed by atoms with Crippen LogP contribution in [0.3, 0.4) is 0 Å². The molecule has 0 N–H and O–H groups in total. The summed E-state index contributed by atoms with van der Waals surface area (Å²) in [7, 11) is 0. The smallest absolute Gasteiger partial charge is 0.225 e. The summed E-state index contributed by atoms with van der Waals surface area (Å²) in [5.41, 5.74) is 1.71. The van der Waals surface area contributed by atoms with Gasteiger partial charge in [-0.3, -0.25) is 0 Å². The molecule has 0 saturated heterocycles. The molecule has 5 heteroatoms. The fourth-order valence-corrected chi connectivity index (χ4v) is 2.23. The monoisotopic (exact) mass is 345 g/mol. The number of hydrogen-bond donors (Lipinski definition) is 0. The number of pyridine rings is 1. The first-order chi connectivity index (χ1) is 10.3. The van der Waals surface area contributed by atoms with Crippen molar-refractivity contribution in [2.75, 3.05) is 0 Å². The van der Waals surface area contributed by atoms with Gasteiger partial charge in [-0.1, -0.05) is 46.3 Å². The van der Waals surface area contributed by atoms with Gasteiger partial charge >= 0.3 is 0 Å². The van der Waals surface area contributed by atoms with Crippen LogP contribution in [0.5, 0.6) is 5.88 Å². The van der Waals surface area contributed by atoms with Crippen molar-refractivity contribution in [1.82, 2.24) is 4.98 Å². The van der Waals surface area contributed by atoms with Crippen molar-refractivity contribution < 1.29 is 13.9 Å². The maximum absolute atomic E-state index is 10.8. The molecule has 0 saturated carbocycles. The second kappa shape index (κ2) is 6.10. The van der Waals surface area contributed by atoms with E-state index in [9.17, 15) is 4.79 Å². The van der Waals surface area contributed by atoms with Gasteiger partial charge in [-0.05, 0) is 11.6 Å². The number of alkyl halides is 1. The maximum atomic E-state index is 10.8. The molecule has 0 spiro atoms. The van der Waals surface area contributed by atoms with E-state index in [2.05, 4.69) is 20.9 Å². The van der Waals surface area contributed by atoms with E-state index in [1.165, 1.54) is 0 Å². The molecule has 0 aliphatic rings. The number of hydrogen-bond acceptors (Lipinski definition) is 4. The van der Waals surface area contributed by atoms with Gasteiger partial charge < -0.3 is 13.9 Å². The highest BCUT2D eigenvalue weighted by molar-refractivity contribution is 9.09. The number of benzene rings is 1. The number of halogens is 1. The topological polar surface area (TPSA) is 52.3 Å². The molecule has 21 heavy (non-hydrogen) atoms. The number of fused-ring (bicyclic) bond motifs is 1. The fourth-order valence-electron chi connectivity index (χ4n) is 2.00. The highest BCUT2D eigenvalue weighted by Gasteiger charge is 2.15. The second-order valence-corrected chi connectivity index (χ2v) is 5.48. The summed E-state index contributed by atoms with van der Waals surface area (Å²) in [5.74, 6) is 1.04. The van der Waals surface area contributed by atoms with Crippen molar-refractivity contribution in [3.8, 4) is 5.88 Å². The van der Waals surface area contributed by atoms with Crippen LogP contribution >= 0.6 is 15.9 Å². The maximum Gasteiger partial charge on any atom is 0.225 e. The van der Waals surface area contributed by atoms with E-state index in [4.69, 9.17) is 9.15 Å². The van der Waals surface area contributed by atoms with Crippen LogP contribution in [0.1, 0.15) is 16.2 Å². The molecule has 3 rings (SSSR count). The molecule has 1 aromatic carbocycles. The van der Waals surface area contributed by atoms with E-state index >= 15 is 0 Å². The average molecular weight is 346 g/mol.